The van der Waals surface area contributed by atoms with Gasteiger partial charge in [0.15, 0.2) is 5.96 Å². The van der Waals surface area contributed by atoms with Crippen molar-refractivity contribution in [3.05, 3.63) is 66.0 Å². The molecule has 0 aliphatic carbocycles. The molecule has 1 aliphatic heterocycles. The first-order valence-corrected chi connectivity index (χ1v) is 9.15. The molecular weight excluding hydrogens is 322 g/mol. The van der Waals surface area contributed by atoms with Crippen LogP contribution in [-0.2, 0) is 13.6 Å². The van der Waals surface area contributed by atoms with E-state index in [2.05, 4.69) is 69.0 Å². The summed E-state index contributed by atoms with van der Waals surface area (Å²) in [5, 5.41) is 10.4. The Morgan fingerprint density at radius 1 is 1.23 bits per heavy atom. The van der Waals surface area contributed by atoms with Crippen molar-refractivity contribution in [3.8, 4) is 0 Å². The van der Waals surface area contributed by atoms with Crippen molar-refractivity contribution >= 4 is 16.7 Å². The number of benzene rings is 2. The van der Waals surface area contributed by atoms with Crippen LogP contribution in [0.15, 0.2) is 59.9 Å². The van der Waals surface area contributed by atoms with E-state index in [-0.39, 0.29) is 0 Å². The van der Waals surface area contributed by atoms with E-state index in [0.29, 0.717) is 5.92 Å². The van der Waals surface area contributed by atoms with Crippen LogP contribution in [0.3, 0.4) is 0 Å². The number of fused-ring (bicyclic) bond motifs is 1. The average molecular weight is 347 g/mol. The molecule has 2 heterocycles. The zero-order chi connectivity index (χ0) is 17.9. The quantitative estimate of drug-likeness (QED) is 0.585. The smallest absolute Gasteiger partial charge is 0.193 e. The Hall–Kier alpha value is -2.82. The third kappa shape index (κ3) is 3.29. The number of nitrogens with one attached hydrogen (secondary N) is 1. The third-order valence-electron chi connectivity index (χ3n) is 5.21. The van der Waals surface area contributed by atoms with Crippen molar-refractivity contribution < 1.29 is 0 Å². The highest BCUT2D eigenvalue weighted by Gasteiger charge is 2.26. The minimum atomic E-state index is 0.528. The molecule has 1 atom stereocenters. The Morgan fingerprint density at radius 3 is 2.88 bits per heavy atom. The van der Waals surface area contributed by atoms with Gasteiger partial charge in [-0.15, -0.1) is 0 Å². The Balaban J connectivity index is 1.44. The van der Waals surface area contributed by atoms with Crippen LogP contribution in [-0.4, -0.2) is 40.8 Å². The molecule has 0 bridgehead atoms. The normalized spacial score (nSPS) is 17.8. The fourth-order valence-corrected chi connectivity index (χ4v) is 3.83. The second-order valence-electron chi connectivity index (χ2n) is 6.92. The molecule has 0 radical (unpaired) electrons. The van der Waals surface area contributed by atoms with E-state index < -0.39 is 0 Å². The van der Waals surface area contributed by atoms with Crippen molar-refractivity contribution in [1.82, 2.24) is 20.0 Å². The van der Waals surface area contributed by atoms with Crippen molar-refractivity contribution in [2.75, 3.05) is 20.1 Å². The third-order valence-corrected chi connectivity index (χ3v) is 5.21. The molecule has 5 heteroatoms. The van der Waals surface area contributed by atoms with E-state index in [0.717, 1.165) is 32.0 Å². The van der Waals surface area contributed by atoms with Crippen molar-refractivity contribution in [3.63, 3.8) is 0 Å². The molecule has 5 nitrogen and oxygen atoms in total. The lowest BCUT2D eigenvalue weighted by Gasteiger charge is -2.22. The lowest BCUT2D eigenvalue weighted by Crippen LogP contribution is -2.39. The van der Waals surface area contributed by atoms with Crippen molar-refractivity contribution in [2.45, 2.75) is 18.9 Å². The minimum absolute atomic E-state index is 0.528. The fraction of sp³-hybridized carbons (Fsp3) is 0.333. The maximum Gasteiger partial charge on any atom is 0.193 e. The van der Waals surface area contributed by atoms with Crippen LogP contribution in [0.1, 0.15) is 23.5 Å². The molecule has 134 valence electrons. The molecule has 1 fully saturated rings. The molecule has 3 aromatic rings. The SMILES string of the molecule is CN=C(NCc1cccc2ccccc12)N1CCC(c2cnn(C)c2)C1. The van der Waals surface area contributed by atoms with Crippen LogP contribution in [0, 0.1) is 0 Å². The molecule has 1 aromatic heterocycles. The Labute approximate surface area is 154 Å². The van der Waals surface area contributed by atoms with Crippen LogP contribution in [0.4, 0.5) is 0 Å². The number of nitrogens with zero attached hydrogens (tertiary/aromatic N) is 4. The van der Waals surface area contributed by atoms with E-state index in [9.17, 15) is 0 Å². The van der Waals surface area contributed by atoms with Gasteiger partial charge in [-0.1, -0.05) is 42.5 Å². The molecule has 0 spiro atoms. The van der Waals surface area contributed by atoms with Gasteiger partial charge in [-0.3, -0.25) is 9.67 Å². The van der Waals surface area contributed by atoms with Crippen LogP contribution < -0.4 is 5.32 Å². The highest BCUT2D eigenvalue weighted by Crippen LogP contribution is 2.26. The number of likely N-dealkylation sites (tertiary alicyclic amines) is 1. The first-order valence-electron chi connectivity index (χ1n) is 9.15. The van der Waals surface area contributed by atoms with Gasteiger partial charge in [0.2, 0.25) is 0 Å². The van der Waals surface area contributed by atoms with E-state index in [4.69, 9.17) is 0 Å². The molecule has 26 heavy (non-hydrogen) atoms. The highest BCUT2D eigenvalue weighted by molar-refractivity contribution is 5.86. The van der Waals surface area contributed by atoms with Gasteiger partial charge in [0, 0.05) is 45.8 Å². The molecule has 1 aliphatic rings. The van der Waals surface area contributed by atoms with Crippen LogP contribution in [0.5, 0.6) is 0 Å². The summed E-state index contributed by atoms with van der Waals surface area (Å²) in [5.74, 6) is 1.50. The predicted molar refractivity (Wildman–Crippen MR) is 106 cm³/mol. The van der Waals surface area contributed by atoms with Crippen LogP contribution in [0.2, 0.25) is 0 Å². The number of hydrogen-bond donors (Lipinski definition) is 1. The Morgan fingerprint density at radius 2 is 2.08 bits per heavy atom. The fourth-order valence-electron chi connectivity index (χ4n) is 3.83. The number of hydrogen-bond acceptors (Lipinski definition) is 2. The van der Waals surface area contributed by atoms with E-state index in [1.807, 2.05) is 25.0 Å². The zero-order valence-corrected chi connectivity index (χ0v) is 15.4. The van der Waals surface area contributed by atoms with Gasteiger partial charge in [0.25, 0.3) is 0 Å². The monoisotopic (exact) mass is 347 g/mol. The summed E-state index contributed by atoms with van der Waals surface area (Å²) in [5.41, 5.74) is 2.62. The largest absolute Gasteiger partial charge is 0.352 e. The molecular formula is C21H25N5. The molecule has 1 unspecified atom stereocenters. The number of aryl methyl sites for hydroxylation is 1. The van der Waals surface area contributed by atoms with Gasteiger partial charge in [0.1, 0.15) is 0 Å². The predicted octanol–water partition coefficient (Wildman–Crippen LogP) is 3.14. The highest BCUT2D eigenvalue weighted by atomic mass is 15.3. The van der Waals surface area contributed by atoms with Crippen molar-refractivity contribution in [1.29, 1.82) is 0 Å². The topological polar surface area (TPSA) is 45.5 Å². The summed E-state index contributed by atoms with van der Waals surface area (Å²) in [6.07, 6.45) is 5.25. The second kappa shape index (κ2) is 7.20. The summed E-state index contributed by atoms with van der Waals surface area (Å²) < 4.78 is 1.88. The molecule has 4 rings (SSSR count). The molecule has 1 N–H and O–H groups in total. The molecule has 0 amide bonds. The van der Waals surface area contributed by atoms with Gasteiger partial charge >= 0.3 is 0 Å². The Kier molecular flexibility index (Phi) is 4.61. The van der Waals surface area contributed by atoms with E-state index >= 15 is 0 Å². The summed E-state index contributed by atoms with van der Waals surface area (Å²) in [4.78, 5) is 6.86. The first-order chi connectivity index (χ1) is 12.7. The van der Waals surface area contributed by atoms with Gasteiger partial charge in [0.05, 0.1) is 6.20 Å². The number of rotatable bonds is 3. The van der Waals surface area contributed by atoms with Gasteiger partial charge < -0.3 is 10.2 Å². The first kappa shape index (κ1) is 16.6. The molecule has 2 aromatic carbocycles. The minimum Gasteiger partial charge on any atom is -0.352 e. The molecule has 1 saturated heterocycles. The Bertz CT molecular complexity index is 922. The lowest BCUT2D eigenvalue weighted by atomic mass is 10.0. The van der Waals surface area contributed by atoms with Crippen molar-refractivity contribution in [2.24, 2.45) is 12.0 Å². The second-order valence-corrected chi connectivity index (χ2v) is 6.92. The maximum absolute atomic E-state index is 4.51. The van der Waals surface area contributed by atoms with Gasteiger partial charge in [-0.2, -0.15) is 5.10 Å². The number of guanidine groups is 1. The van der Waals surface area contributed by atoms with Crippen LogP contribution >= 0.6 is 0 Å². The van der Waals surface area contributed by atoms with E-state index in [1.165, 1.54) is 21.9 Å². The summed E-state index contributed by atoms with van der Waals surface area (Å²) in [7, 11) is 3.84. The maximum atomic E-state index is 4.51. The average Bonchev–Trinajstić information content (AvgIpc) is 3.32. The van der Waals surface area contributed by atoms with Crippen LogP contribution in [0.25, 0.3) is 10.8 Å². The summed E-state index contributed by atoms with van der Waals surface area (Å²) in [6.45, 7) is 2.79. The zero-order valence-electron chi connectivity index (χ0n) is 15.4. The lowest BCUT2D eigenvalue weighted by molar-refractivity contribution is 0.486. The van der Waals surface area contributed by atoms with Gasteiger partial charge in [-0.05, 0) is 28.3 Å². The molecule has 0 saturated carbocycles. The van der Waals surface area contributed by atoms with Gasteiger partial charge in [-0.25, -0.2) is 0 Å². The summed E-state index contributed by atoms with van der Waals surface area (Å²) >= 11 is 0. The summed E-state index contributed by atoms with van der Waals surface area (Å²) in [6, 6.07) is 15.0. The van der Waals surface area contributed by atoms with E-state index in [1.54, 1.807) is 0 Å². The standard InChI is InChI=1S/C21H25N5/c1-22-21(26-11-10-18(15-26)19-13-24-25(2)14-19)23-12-17-8-5-7-16-6-3-4-9-20(16)17/h3-9,13-14,18H,10-12,15H2,1-2H3,(H,22,23). The number of aromatic nitrogens is 2. The number of aliphatic imine (C=N–C) groups is 1.